The molecule has 0 spiro atoms. The molecule has 2 aliphatic carbocycles. The van der Waals surface area contributed by atoms with Crippen molar-refractivity contribution in [3.63, 3.8) is 0 Å². The van der Waals surface area contributed by atoms with E-state index in [4.69, 9.17) is 11.6 Å². The third kappa shape index (κ3) is 2.03. The SMILES string of the molecule is CC(C)=C1[C@H]2C=C[C@H]1[C@H]1C(=O)N(c3ccc(Cl)c([N+](=O)[O-])c3)C(=O)[C@@H]12. The fraction of sp³-hybridized carbons (Fsp3) is 0.333. The Morgan fingerprint density at radius 3 is 2.16 bits per heavy atom. The number of nitro benzene ring substituents is 1. The molecule has 0 radical (unpaired) electrons. The van der Waals surface area contributed by atoms with Gasteiger partial charge in [0.2, 0.25) is 11.8 Å². The number of amides is 2. The second-order valence-corrected chi connectivity index (χ2v) is 7.26. The van der Waals surface area contributed by atoms with Crippen LogP contribution in [-0.4, -0.2) is 16.7 Å². The summed E-state index contributed by atoms with van der Waals surface area (Å²) in [4.78, 5) is 37.5. The molecule has 1 aromatic carbocycles. The predicted octanol–water partition coefficient (Wildman–Crippen LogP) is 3.51. The van der Waals surface area contributed by atoms with E-state index >= 15 is 0 Å². The van der Waals surface area contributed by atoms with Crippen LogP contribution in [0.1, 0.15) is 13.8 Å². The van der Waals surface area contributed by atoms with E-state index in [0.717, 1.165) is 10.5 Å². The number of rotatable bonds is 2. The Hall–Kier alpha value is -2.47. The van der Waals surface area contributed by atoms with E-state index in [9.17, 15) is 19.7 Å². The van der Waals surface area contributed by atoms with Gasteiger partial charge in [-0.3, -0.25) is 19.7 Å². The lowest BCUT2D eigenvalue weighted by Gasteiger charge is -2.19. The molecule has 2 amide bonds. The number of benzene rings is 1. The zero-order valence-corrected chi connectivity index (χ0v) is 14.4. The number of nitro groups is 1. The molecule has 1 saturated heterocycles. The topological polar surface area (TPSA) is 80.5 Å². The Kier molecular flexibility index (Phi) is 3.37. The van der Waals surface area contributed by atoms with E-state index in [-0.39, 0.29) is 40.0 Å². The maximum Gasteiger partial charge on any atom is 0.289 e. The molecule has 6 nitrogen and oxygen atoms in total. The smallest absolute Gasteiger partial charge is 0.274 e. The van der Waals surface area contributed by atoms with Crippen molar-refractivity contribution in [1.29, 1.82) is 0 Å². The lowest BCUT2D eigenvalue weighted by molar-refractivity contribution is -0.384. The number of fused-ring (bicyclic) bond motifs is 5. The van der Waals surface area contributed by atoms with Crippen LogP contribution in [-0.2, 0) is 9.59 Å². The first kappa shape index (κ1) is 16.0. The largest absolute Gasteiger partial charge is 0.289 e. The van der Waals surface area contributed by atoms with E-state index in [2.05, 4.69) is 0 Å². The molecule has 0 unspecified atom stereocenters. The van der Waals surface area contributed by atoms with Crippen LogP contribution in [0.15, 0.2) is 41.5 Å². The lowest BCUT2D eigenvalue weighted by atomic mass is 9.85. The molecule has 1 aromatic rings. The molecule has 4 rings (SSSR count). The number of anilines is 1. The van der Waals surface area contributed by atoms with Crippen molar-refractivity contribution < 1.29 is 14.5 Å². The maximum absolute atomic E-state index is 13.0. The zero-order valence-electron chi connectivity index (χ0n) is 13.6. The molecular formula is C18H15ClN2O4. The number of allylic oxidation sites excluding steroid dienone is 4. The predicted molar refractivity (Wildman–Crippen MR) is 92.1 cm³/mol. The summed E-state index contributed by atoms with van der Waals surface area (Å²) >= 11 is 5.83. The van der Waals surface area contributed by atoms with Crippen molar-refractivity contribution >= 4 is 34.8 Å². The molecule has 1 saturated carbocycles. The van der Waals surface area contributed by atoms with Gasteiger partial charge < -0.3 is 0 Å². The van der Waals surface area contributed by atoms with E-state index in [0.29, 0.717) is 0 Å². The number of carbonyl (C=O) groups is 2. The van der Waals surface area contributed by atoms with Crippen molar-refractivity contribution in [2.24, 2.45) is 23.7 Å². The van der Waals surface area contributed by atoms with Crippen LogP contribution in [0.4, 0.5) is 11.4 Å². The Bertz CT molecular complexity index is 866. The van der Waals surface area contributed by atoms with Gasteiger partial charge in [-0.25, -0.2) is 4.90 Å². The molecule has 128 valence electrons. The number of carbonyl (C=O) groups excluding carboxylic acids is 2. The first-order valence-corrected chi connectivity index (χ1v) is 8.38. The van der Waals surface area contributed by atoms with Crippen LogP contribution in [0.25, 0.3) is 0 Å². The second-order valence-electron chi connectivity index (χ2n) is 6.85. The summed E-state index contributed by atoms with van der Waals surface area (Å²) in [6.07, 6.45) is 4.01. The Labute approximate surface area is 148 Å². The molecule has 1 aliphatic heterocycles. The standard InChI is InChI=1S/C18H15ClN2O4/c1-8(2)14-10-4-5-11(14)16-15(10)17(22)20(18(16)23)9-3-6-12(19)13(7-9)21(24)25/h3-7,10-11,15-16H,1-2H3/t10-,11-,15-,16-/m1/s1. The minimum absolute atomic E-state index is 0.0263. The van der Waals surface area contributed by atoms with Crippen LogP contribution in [0.3, 0.4) is 0 Å². The normalized spacial score (nSPS) is 29.6. The van der Waals surface area contributed by atoms with Crippen molar-refractivity contribution in [2.45, 2.75) is 13.8 Å². The summed E-state index contributed by atoms with van der Waals surface area (Å²) in [6, 6.07) is 4.01. The van der Waals surface area contributed by atoms with Gasteiger partial charge in [-0.05, 0) is 26.0 Å². The maximum atomic E-state index is 13.0. The van der Waals surface area contributed by atoms with Crippen LogP contribution < -0.4 is 4.90 Å². The van der Waals surface area contributed by atoms with E-state index in [1.807, 2.05) is 26.0 Å². The highest BCUT2D eigenvalue weighted by Crippen LogP contribution is 2.57. The minimum atomic E-state index is -0.621. The van der Waals surface area contributed by atoms with Gasteiger partial charge in [0, 0.05) is 17.9 Å². The van der Waals surface area contributed by atoms with Crippen molar-refractivity contribution in [3.8, 4) is 0 Å². The molecule has 0 aromatic heterocycles. The third-order valence-corrected chi connectivity index (χ3v) is 5.70. The Morgan fingerprint density at radius 2 is 1.68 bits per heavy atom. The van der Waals surface area contributed by atoms with Gasteiger partial charge in [0.15, 0.2) is 0 Å². The van der Waals surface area contributed by atoms with E-state index in [1.54, 1.807) is 0 Å². The fourth-order valence-electron chi connectivity index (χ4n) is 4.46. The van der Waals surface area contributed by atoms with Crippen LogP contribution in [0.2, 0.25) is 5.02 Å². The second kappa shape index (κ2) is 5.26. The summed E-state index contributed by atoms with van der Waals surface area (Å²) in [5.41, 5.74) is 2.20. The summed E-state index contributed by atoms with van der Waals surface area (Å²) in [5, 5.41) is 11.1. The lowest BCUT2D eigenvalue weighted by Crippen LogP contribution is -2.33. The quantitative estimate of drug-likeness (QED) is 0.350. The summed E-state index contributed by atoms with van der Waals surface area (Å²) in [6.45, 7) is 4.00. The average molecular weight is 359 g/mol. The van der Waals surface area contributed by atoms with E-state index < -0.39 is 16.8 Å². The van der Waals surface area contributed by atoms with Gasteiger partial charge in [-0.2, -0.15) is 0 Å². The molecule has 25 heavy (non-hydrogen) atoms. The molecule has 2 bridgehead atoms. The van der Waals surface area contributed by atoms with Gasteiger partial charge in [-0.1, -0.05) is 34.9 Å². The molecular weight excluding hydrogens is 344 g/mol. The first-order chi connectivity index (χ1) is 11.8. The Balaban J connectivity index is 1.76. The van der Waals surface area contributed by atoms with Gasteiger partial charge in [-0.15, -0.1) is 0 Å². The van der Waals surface area contributed by atoms with Crippen molar-refractivity contribution in [3.05, 3.63) is 56.6 Å². The van der Waals surface area contributed by atoms with E-state index in [1.165, 1.54) is 23.8 Å². The van der Waals surface area contributed by atoms with Gasteiger partial charge in [0.25, 0.3) is 5.69 Å². The molecule has 3 aliphatic rings. The first-order valence-electron chi connectivity index (χ1n) is 8.00. The van der Waals surface area contributed by atoms with Gasteiger partial charge in [0.1, 0.15) is 5.02 Å². The van der Waals surface area contributed by atoms with Crippen LogP contribution >= 0.6 is 11.6 Å². The number of halogens is 1. The summed E-state index contributed by atoms with van der Waals surface area (Å²) in [7, 11) is 0. The van der Waals surface area contributed by atoms with Crippen LogP contribution in [0.5, 0.6) is 0 Å². The average Bonchev–Trinajstić information content (AvgIpc) is 3.18. The highest BCUT2D eigenvalue weighted by molar-refractivity contribution is 6.33. The summed E-state index contributed by atoms with van der Waals surface area (Å²) in [5.74, 6) is -1.51. The van der Waals surface area contributed by atoms with Gasteiger partial charge >= 0.3 is 0 Å². The number of imide groups is 1. The zero-order chi connectivity index (χ0) is 18.0. The number of hydrogen-bond donors (Lipinski definition) is 0. The summed E-state index contributed by atoms with van der Waals surface area (Å²) < 4.78 is 0. The highest BCUT2D eigenvalue weighted by atomic mass is 35.5. The Morgan fingerprint density at radius 1 is 1.12 bits per heavy atom. The fourth-order valence-corrected chi connectivity index (χ4v) is 4.65. The van der Waals surface area contributed by atoms with Gasteiger partial charge in [0.05, 0.1) is 22.4 Å². The molecule has 1 heterocycles. The van der Waals surface area contributed by atoms with Crippen molar-refractivity contribution in [2.75, 3.05) is 4.90 Å². The molecule has 4 atom stereocenters. The number of nitrogens with zero attached hydrogens (tertiary/aromatic N) is 2. The number of hydrogen-bond acceptors (Lipinski definition) is 4. The highest BCUT2D eigenvalue weighted by Gasteiger charge is 2.62. The molecule has 0 N–H and O–H groups in total. The molecule has 2 fully saturated rings. The van der Waals surface area contributed by atoms with Crippen LogP contribution in [0, 0.1) is 33.8 Å². The third-order valence-electron chi connectivity index (χ3n) is 5.38. The monoisotopic (exact) mass is 358 g/mol. The minimum Gasteiger partial charge on any atom is -0.274 e. The van der Waals surface area contributed by atoms with Crippen molar-refractivity contribution in [1.82, 2.24) is 0 Å². The molecule has 7 heteroatoms.